The van der Waals surface area contributed by atoms with Crippen molar-refractivity contribution < 1.29 is 9.59 Å². The van der Waals surface area contributed by atoms with Gasteiger partial charge in [-0.3, -0.25) is 9.59 Å². The lowest BCUT2D eigenvalue weighted by Gasteiger charge is -2.31. The quantitative estimate of drug-likeness (QED) is 0.898. The van der Waals surface area contributed by atoms with E-state index < -0.39 is 0 Å². The van der Waals surface area contributed by atoms with Crippen LogP contribution in [0.3, 0.4) is 0 Å². The molecule has 2 aromatic rings. The van der Waals surface area contributed by atoms with E-state index in [2.05, 4.69) is 35.5 Å². The molecule has 0 saturated carbocycles. The molecule has 0 aliphatic carbocycles. The number of nitrogens with zero attached hydrogens (tertiary/aromatic N) is 3. The monoisotopic (exact) mass is 354 g/mol. The number of nitrogens with one attached hydrogen (secondary N) is 1. The molecule has 6 nitrogen and oxygen atoms in total. The zero-order valence-electron chi connectivity index (χ0n) is 15.4. The predicted molar refractivity (Wildman–Crippen MR) is 101 cm³/mol. The Balaban J connectivity index is 1.65. The number of piperidine rings is 1. The number of carbonyl (C=O) groups is 2. The molecule has 26 heavy (non-hydrogen) atoms. The molecule has 1 atom stereocenters. The maximum atomic E-state index is 12.7. The fraction of sp³-hybridized carbons (Fsp3) is 0.450. The van der Waals surface area contributed by atoms with Gasteiger partial charge in [-0.25, -0.2) is 4.68 Å². The van der Waals surface area contributed by atoms with Crippen LogP contribution in [0.15, 0.2) is 36.5 Å². The molecule has 2 heterocycles. The maximum Gasteiger partial charge on any atom is 0.230 e. The second-order valence-corrected chi connectivity index (χ2v) is 6.88. The lowest BCUT2D eigenvalue weighted by molar-refractivity contribution is -0.134. The zero-order chi connectivity index (χ0) is 18.5. The number of rotatable bonds is 5. The molecule has 2 amide bonds. The van der Waals surface area contributed by atoms with Crippen molar-refractivity contribution in [2.75, 3.05) is 18.4 Å². The van der Waals surface area contributed by atoms with Gasteiger partial charge in [0.1, 0.15) is 5.82 Å². The second-order valence-electron chi connectivity index (χ2n) is 6.88. The van der Waals surface area contributed by atoms with Gasteiger partial charge in [-0.1, -0.05) is 36.8 Å². The standard InChI is InChI=1S/C20H26N4O2/c1-3-19(25)23-11-5-8-17(14-23)20(26)22-18-9-10-21-24(18)13-16-7-4-6-15(2)12-16/h4,6-7,9-10,12,17H,3,5,8,11,13-14H2,1-2H3,(H,22,26)/t17-/m1/s1. The van der Waals surface area contributed by atoms with Gasteiger partial charge in [-0.2, -0.15) is 5.10 Å². The Morgan fingerprint density at radius 2 is 2.15 bits per heavy atom. The number of hydrogen-bond acceptors (Lipinski definition) is 3. The Labute approximate surface area is 154 Å². The first-order chi connectivity index (χ1) is 12.6. The number of carbonyl (C=O) groups excluding carboxylic acids is 2. The van der Waals surface area contributed by atoms with E-state index in [4.69, 9.17) is 0 Å². The van der Waals surface area contributed by atoms with E-state index in [9.17, 15) is 9.59 Å². The molecule has 6 heteroatoms. The third-order valence-corrected chi connectivity index (χ3v) is 4.83. The average molecular weight is 354 g/mol. The molecule has 3 rings (SSSR count). The van der Waals surface area contributed by atoms with Gasteiger partial charge in [0, 0.05) is 25.6 Å². The van der Waals surface area contributed by atoms with Gasteiger partial charge in [0.05, 0.1) is 18.7 Å². The molecule has 1 aromatic carbocycles. The summed E-state index contributed by atoms with van der Waals surface area (Å²) in [7, 11) is 0. The number of anilines is 1. The highest BCUT2D eigenvalue weighted by Gasteiger charge is 2.28. The molecule has 1 aromatic heterocycles. The Kier molecular flexibility index (Phi) is 5.71. The summed E-state index contributed by atoms with van der Waals surface area (Å²) in [5.74, 6) is 0.605. The van der Waals surface area contributed by atoms with Crippen molar-refractivity contribution in [2.24, 2.45) is 5.92 Å². The van der Waals surface area contributed by atoms with Crippen molar-refractivity contribution in [3.8, 4) is 0 Å². The van der Waals surface area contributed by atoms with E-state index in [0.717, 1.165) is 24.9 Å². The largest absolute Gasteiger partial charge is 0.342 e. The van der Waals surface area contributed by atoms with E-state index in [1.54, 1.807) is 15.8 Å². The molecule has 138 valence electrons. The first-order valence-electron chi connectivity index (χ1n) is 9.23. The molecule has 1 aliphatic rings. The summed E-state index contributed by atoms with van der Waals surface area (Å²) in [4.78, 5) is 26.4. The Bertz CT molecular complexity index is 784. The van der Waals surface area contributed by atoms with Crippen LogP contribution in [0.2, 0.25) is 0 Å². The van der Waals surface area contributed by atoms with Gasteiger partial charge in [0.15, 0.2) is 0 Å². The van der Waals surface area contributed by atoms with Crippen molar-refractivity contribution >= 4 is 17.6 Å². The summed E-state index contributed by atoms with van der Waals surface area (Å²) in [5, 5.41) is 7.33. The summed E-state index contributed by atoms with van der Waals surface area (Å²) in [6, 6.07) is 10.1. The average Bonchev–Trinajstić information content (AvgIpc) is 3.07. The van der Waals surface area contributed by atoms with Crippen LogP contribution < -0.4 is 5.32 Å². The second kappa shape index (κ2) is 8.17. The normalized spacial score (nSPS) is 17.2. The third kappa shape index (κ3) is 4.31. The van der Waals surface area contributed by atoms with Crippen LogP contribution in [0.1, 0.15) is 37.3 Å². The van der Waals surface area contributed by atoms with Gasteiger partial charge >= 0.3 is 0 Å². The fourth-order valence-electron chi connectivity index (χ4n) is 3.42. The number of aryl methyl sites for hydroxylation is 1. The summed E-state index contributed by atoms with van der Waals surface area (Å²) in [6.45, 7) is 5.78. The molecule has 1 saturated heterocycles. The summed E-state index contributed by atoms with van der Waals surface area (Å²) < 4.78 is 1.80. The molecule has 1 aliphatic heterocycles. The minimum Gasteiger partial charge on any atom is -0.342 e. The Morgan fingerprint density at radius 1 is 1.31 bits per heavy atom. The van der Waals surface area contributed by atoms with Gasteiger partial charge in [0.25, 0.3) is 0 Å². The van der Waals surface area contributed by atoms with Crippen LogP contribution in [0.5, 0.6) is 0 Å². The summed E-state index contributed by atoms with van der Waals surface area (Å²) in [5.41, 5.74) is 2.34. The summed E-state index contributed by atoms with van der Waals surface area (Å²) >= 11 is 0. The van der Waals surface area contributed by atoms with Crippen molar-refractivity contribution in [1.29, 1.82) is 0 Å². The number of amides is 2. The molecular weight excluding hydrogens is 328 g/mol. The number of aromatic nitrogens is 2. The Morgan fingerprint density at radius 3 is 2.92 bits per heavy atom. The van der Waals surface area contributed by atoms with Crippen LogP contribution in [0.25, 0.3) is 0 Å². The highest BCUT2D eigenvalue weighted by Crippen LogP contribution is 2.20. The maximum absolute atomic E-state index is 12.7. The third-order valence-electron chi connectivity index (χ3n) is 4.83. The number of benzene rings is 1. The molecule has 0 spiro atoms. The van der Waals surface area contributed by atoms with Crippen molar-refractivity contribution in [2.45, 2.75) is 39.7 Å². The molecule has 0 bridgehead atoms. The highest BCUT2D eigenvalue weighted by molar-refractivity contribution is 5.92. The van der Waals surface area contributed by atoms with Crippen LogP contribution in [0.4, 0.5) is 5.82 Å². The van der Waals surface area contributed by atoms with Gasteiger partial charge in [-0.15, -0.1) is 0 Å². The van der Waals surface area contributed by atoms with Crippen molar-refractivity contribution in [3.05, 3.63) is 47.7 Å². The van der Waals surface area contributed by atoms with E-state index in [0.29, 0.717) is 25.3 Å². The first kappa shape index (κ1) is 18.2. The van der Waals surface area contributed by atoms with Gasteiger partial charge in [-0.05, 0) is 25.3 Å². The lowest BCUT2D eigenvalue weighted by Crippen LogP contribution is -2.43. The van der Waals surface area contributed by atoms with Gasteiger partial charge in [0.2, 0.25) is 11.8 Å². The van der Waals surface area contributed by atoms with E-state index >= 15 is 0 Å². The van der Waals surface area contributed by atoms with Crippen LogP contribution in [-0.4, -0.2) is 39.6 Å². The molecule has 0 radical (unpaired) electrons. The molecule has 1 N–H and O–H groups in total. The predicted octanol–water partition coefficient (Wildman–Crippen LogP) is 2.83. The minimum absolute atomic E-state index is 0.0374. The smallest absolute Gasteiger partial charge is 0.230 e. The Hall–Kier alpha value is -2.63. The molecule has 0 unspecified atom stereocenters. The fourth-order valence-corrected chi connectivity index (χ4v) is 3.42. The molecular formula is C20H26N4O2. The first-order valence-corrected chi connectivity index (χ1v) is 9.23. The highest BCUT2D eigenvalue weighted by atomic mass is 16.2. The number of hydrogen-bond donors (Lipinski definition) is 1. The van der Waals surface area contributed by atoms with E-state index in [1.807, 2.05) is 19.1 Å². The lowest BCUT2D eigenvalue weighted by atomic mass is 9.97. The minimum atomic E-state index is -0.165. The number of likely N-dealkylation sites (tertiary alicyclic amines) is 1. The van der Waals surface area contributed by atoms with E-state index in [1.165, 1.54) is 5.56 Å². The van der Waals surface area contributed by atoms with Crippen molar-refractivity contribution in [1.82, 2.24) is 14.7 Å². The topological polar surface area (TPSA) is 67.2 Å². The van der Waals surface area contributed by atoms with Crippen LogP contribution in [0, 0.1) is 12.8 Å². The van der Waals surface area contributed by atoms with Crippen LogP contribution in [-0.2, 0) is 16.1 Å². The SMILES string of the molecule is CCC(=O)N1CCC[C@@H](C(=O)Nc2ccnn2Cc2cccc(C)c2)C1. The zero-order valence-corrected chi connectivity index (χ0v) is 15.4. The molecule has 1 fully saturated rings. The summed E-state index contributed by atoms with van der Waals surface area (Å²) in [6.07, 6.45) is 3.86. The van der Waals surface area contributed by atoms with Crippen LogP contribution >= 0.6 is 0 Å². The van der Waals surface area contributed by atoms with E-state index in [-0.39, 0.29) is 17.7 Å². The van der Waals surface area contributed by atoms with Crippen molar-refractivity contribution in [3.63, 3.8) is 0 Å². The van der Waals surface area contributed by atoms with Gasteiger partial charge < -0.3 is 10.2 Å².